The SMILES string of the molecule is CC1(C)c2ccccc2-c2ccc(-c3ccc(N(c4ccccc4)c4ccc5c(-c6ccc7ccccc7c6)c6cc(N(c7ccccc7)c7ccc(-c8ccc9c(c8)C(C)(C)C8C=CC=CC98)cc7)ccc6c(-c6ccc7ccccc7c6)c5c4)cc3)cc21. The van der Waals surface area contributed by atoms with Crippen LogP contribution in [-0.2, 0) is 10.8 Å². The number of hydrogen-bond acceptors (Lipinski definition) is 2. The Kier molecular flexibility index (Phi) is 12.4. The van der Waals surface area contributed by atoms with Crippen molar-refractivity contribution in [1.29, 1.82) is 0 Å². The van der Waals surface area contributed by atoms with Crippen LogP contribution in [0.3, 0.4) is 0 Å². The first-order chi connectivity index (χ1) is 44.1. The molecule has 14 aromatic rings. The number of hydrogen-bond donors (Lipinski definition) is 0. The molecule has 0 radical (unpaired) electrons. The smallest absolute Gasteiger partial charge is 0.0468 e. The van der Waals surface area contributed by atoms with E-state index in [0.717, 1.165) is 34.1 Å². The van der Waals surface area contributed by atoms with Crippen molar-refractivity contribution in [3.63, 3.8) is 0 Å². The van der Waals surface area contributed by atoms with E-state index in [1.165, 1.54) is 121 Å². The maximum absolute atomic E-state index is 2.46. The Bertz CT molecular complexity index is 5240. The van der Waals surface area contributed by atoms with Crippen LogP contribution in [0.5, 0.6) is 0 Å². The van der Waals surface area contributed by atoms with Gasteiger partial charge in [0.15, 0.2) is 0 Å². The quantitative estimate of drug-likeness (QED) is 0.126. The molecular formula is C88H66N2. The Morgan fingerprint density at radius 3 is 1.26 bits per heavy atom. The Hall–Kier alpha value is -10.8. The molecular weight excluding hydrogens is 1080 g/mol. The number of para-hydroxylation sites is 2. The summed E-state index contributed by atoms with van der Waals surface area (Å²) in [5.74, 6) is 0.889. The molecule has 0 bridgehead atoms. The van der Waals surface area contributed by atoms with Crippen molar-refractivity contribution in [2.24, 2.45) is 5.92 Å². The molecule has 0 aliphatic heterocycles. The second-order valence-electron chi connectivity index (χ2n) is 26.0. The standard InChI is InChI=1S/C88H66N2/c1-87(2)81-29-17-15-27-73(81)75-47-39-63(53-83(75)87)59-35-41-69(42-36-59)89(67-23-7-5-8-24-67)71-45-49-77-79(55-71)85(65-33-31-57-19-11-13-21-61(57)51-65)78-50-46-72(56-80(78)86(77)66-34-32-58-20-12-14-22-62(58)52-66)90(68-25-9-6-10-26-68)70-43-37-60(38-44-70)64-40-48-76-74-28-16-18-30-82(74)88(3,4)84(76)54-64/h5-56,73,81H,1-4H3. The second kappa shape index (κ2) is 20.9. The van der Waals surface area contributed by atoms with Crippen molar-refractivity contribution in [3.05, 3.63) is 338 Å². The number of anilines is 6. The zero-order chi connectivity index (χ0) is 60.2. The Morgan fingerprint density at radius 2 is 0.700 bits per heavy atom. The third-order valence-corrected chi connectivity index (χ3v) is 20.3. The van der Waals surface area contributed by atoms with E-state index in [1.54, 1.807) is 0 Å². The highest BCUT2D eigenvalue weighted by molar-refractivity contribution is 6.23. The first-order valence-corrected chi connectivity index (χ1v) is 31.8. The summed E-state index contributed by atoms with van der Waals surface area (Å²) < 4.78 is 0. The van der Waals surface area contributed by atoms with E-state index in [-0.39, 0.29) is 10.8 Å². The average molecular weight is 1150 g/mol. The molecule has 0 aromatic heterocycles. The molecule has 14 aromatic carbocycles. The van der Waals surface area contributed by atoms with E-state index in [4.69, 9.17) is 0 Å². The van der Waals surface area contributed by atoms with Gasteiger partial charge in [0.2, 0.25) is 0 Å². The summed E-state index contributed by atoms with van der Waals surface area (Å²) in [6, 6.07) is 109. The summed E-state index contributed by atoms with van der Waals surface area (Å²) >= 11 is 0. The monoisotopic (exact) mass is 1150 g/mol. The van der Waals surface area contributed by atoms with Crippen LogP contribution in [0.15, 0.2) is 315 Å². The van der Waals surface area contributed by atoms with Crippen molar-refractivity contribution in [3.8, 4) is 55.6 Å². The van der Waals surface area contributed by atoms with E-state index in [0.29, 0.717) is 11.8 Å². The lowest BCUT2D eigenvalue weighted by atomic mass is 9.74. The highest BCUT2D eigenvalue weighted by atomic mass is 15.1. The highest BCUT2D eigenvalue weighted by Crippen LogP contribution is 2.55. The van der Waals surface area contributed by atoms with E-state index in [9.17, 15) is 0 Å². The number of rotatable bonds is 10. The zero-order valence-corrected chi connectivity index (χ0v) is 51.1. The van der Waals surface area contributed by atoms with Gasteiger partial charge in [0.05, 0.1) is 0 Å². The zero-order valence-electron chi connectivity index (χ0n) is 51.1. The van der Waals surface area contributed by atoms with Crippen LogP contribution in [0, 0.1) is 5.92 Å². The minimum Gasteiger partial charge on any atom is -0.310 e. The first kappa shape index (κ1) is 53.4. The van der Waals surface area contributed by atoms with Crippen LogP contribution < -0.4 is 9.80 Å². The van der Waals surface area contributed by atoms with Gasteiger partial charge in [-0.1, -0.05) is 252 Å². The van der Waals surface area contributed by atoms with E-state index >= 15 is 0 Å². The summed E-state index contributed by atoms with van der Waals surface area (Å²) in [5.41, 5.74) is 24.5. The van der Waals surface area contributed by atoms with Gasteiger partial charge in [-0.05, 0) is 223 Å². The van der Waals surface area contributed by atoms with Gasteiger partial charge in [0.1, 0.15) is 0 Å². The van der Waals surface area contributed by atoms with Gasteiger partial charge < -0.3 is 9.80 Å². The fraction of sp³-hybridized carbons (Fsp3) is 0.0909. The minimum atomic E-state index is -0.0804. The van der Waals surface area contributed by atoms with Gasteiger partial charge in [-0.3, -0.25) is 0 Å². The molecule has 2 unspecified atom stereocenters. The third kappa shape index (κ3) is 8.68. The van der Waals surface area contributed by atoms with Crippen molar-refractivity contribution in [1.82, 2.24) is 0 Å². The first-order valence-electron chi connectivity index (χ1n) is 31.8. The Morgan fingerprint density at radius 1 is 0.278 bits per heavy atom. The molecule has 0 spiro atoms. The van der Waals surface area contributed by atoms with Crippen LogP contribution in [0.25, 0.3) is 98.7 Å². The lowest BCUT2D eigenvalue weighted by Gasteiger charge is -2.29. The molecule has 3 aliphatic rings. The molecule has 0 saturated carbocycles. The van der Waals surface area contributed by atoms with Crippen LogP contribution in [0.4, 0.5) is 34.1 Å². The lowest BCUT2D eigenvalue weighted by molar-refractivity contribution is 0.394. The fourth-order valence-corrected chi connectivity index (χ4v) is 15.7. The molecule has 2 heteroatoms. The normalized spacial score (nSPS) is 15.6. The van der Waals surface area contributed by atoms with Crippen molar-refractivity contribution in [2.45, 2.75) is 44.4 Å². The highest BCUT2D eigenvalue weighted by Gasteiger charge is 2.44. The van der Waals surface area contributed by atoms with Crippen LogP contribution >= 0.6 is 0 Å². The van der Waals surface area contributed by atoms with E-state index in [1.807, 2.05) is 0 Å². The largest absolute Gasteiger partial charge is 0.310 e. The van der Waals surface area contributed by atoms with Gasteiger partial charge >= 0.3 is 0 Å². The van der Waals surface area contributed by atoms with Gasteiger partial charge in [-0.2, -0.15) is 0 Å². The van der Waals surface area contributed by atoms with Gasteiger partial charge in [0, 0.05) is 45.5 Å². The predicted octanol–water partition coefficient (Wildman–Crippen LogP) is 24.3. The van der Waals surface area contributed by atoms with Gasteiger partial charge in [-0.15, -0.1) is 0 Å². The van der Waals surface area contributed by atoms with Crippen LogP contribution in [-0.4, -0.2) is 0 Å². The van der Waals surface area contributed by atoms with Crippen molar-refractivity contribution < 1.29 is 0 Å². The number of allylic oxidation sites excluding steroid dienone is 4. The van der Waals surface area contributed by atoms with Gasteiger partial charge in [-0.25, -0.2) is 0 Å². The van der Waals surface area contributed by atoms with Gasteiger partial charge in [0.25, 0.3) is 0 Å². The fourth-order valence-electron chi connectivity index (χ4n) is 15.7. The predicted molar refractivity (Wildman–Crippen MR) is 383 cm³/mol. The van der Waals surface area contributed by atoms with Crippen LogP contribution in [0.1, 0.15) is 55.9 Å². The summed E-state index contributed by atoms with van der Waals surface area (Å²) in [5, 5.41) is 9.59. The molecule has 0 fully saturated rings. The molecule has 17 rings (SSSR count). The second-order valence-corrected chi connectivity index (χ2v) is 26.0. The molecule has 2 nitrogen and oxygen atoms in total. The minimum absolute atomic E-state index is 0.0391. The molecule has 428 valence electrons. The lowest BCUT2D eigenvalue weighted by Crippen LogP contribution is -2.24. The number of nitrogens with zero attached hydrogens (tertiary/aromatic N) is 2. The topological polar surface area (TPSA) is 6.48 Å². The van der Waals surface area contributed by atoms with E-state index in [2.05, 4.69) is 353 Å². The molecule has 0 heterocycles. The number of fused-ring (bicyclic) bond motifs is 10. The molecule has 0 amide bonds. The van der Waals surface area contributed by atoms with Crippen molar-refractivity contribution in [2.75, 3.05) is 9.80 Å². The van der Waals surface area contributed by atoms with E-state index < -0.39 is 0 Å². The molecule has 0 saturated heterocycles. The Balaban J connectivity index is 0.846. The maximum atomic E-state index is 2.46. The average Bonchev–Trinajstić information content (AvgIpc) is 1.59. The number of benzene rings is 14. The summed E-state index contributed by atoms with van der Waals surface area (Å²) in [7, 11) is 0. The Labute approximate surface area is 527 Å². The third-order valence-electron chi connectivity index (χ3n) is 20.3. The molecule has 3 aliphatic carbocycles. The summed E-state index contributed by atoms with van der Waals surface area (Å²) in [6.07, 6.45) is 9.24. The summed E-state index contributed by atoms with van der Waals surface area (Å²) in [6.45, 7) is 9.55. The van der Waals surface area contributed by atoms with Crippen LogP contribution in [0.2, 0.25) is 0 Å². The maximum Gasteiger partial charge on any atom is 0.0468 e. The molecule has 0 N–H and O–H groups in total. The van der Waals surface area contributed by atoms with Crippen molar-refractivity contribution >= 4 is 77.2 Å². The molecule has 90 heavy (non-hydrogen) atoms. The summed E-state index contributed by atoms with van der Waals surface area (Å²) in [4.78, 5) is 4.85. The molecule has 2 atom stereocenters.